The van der Waals surface area contributed by atoms with Crippen LogP contribution in [0, 0.1) is 5.92 Å². The van der Waals surface area contributed by atoms with E-state index in [0.29, 0.717) is 19.3 Å². The zero-order chi connectivity index (χ0) is 53.0. The first-order valence-corrected chi connectivity index (χ1v) is 33.4. The van der Waals surface area contributed by atoms with Gasteiger partial charge in [0.05, 0.1) is 0 Å². The third-order valence-corrected chi connectivity index (χ3v) is 15.9. The number of hydrogen-bond acceptors (Lipinski definition) is 6. The molecule has 0 aromatic rings. The molecule has 0 N–H and O–H groups in total. The number of hydrogen-bond donors (Lipinski definition) is 0. The fourth-order valence-corrected chi connectivity index (χ4v) is 10.5. The lowest BCUT2D eigenvalue weighted by atomic mass is 9.99. The highest BCUT2D eigenvalue weighted by Crippen LogP contribution is 2.19. The van der Waals surface area contributed by atoms with E-state index in [1.165, 1.54) is 283 Å². The van der Waals surface area contributed by atoms with Crippen molar-refractivity contribution in [1.29, 1.82) is 0 Å². The van der Waals surface area contributed by atoms with E-state index in [4.69, 9.17) is 14.2 Å². The molecule has 73 heavy (non-hydrogen) atoms. The zero-order valence-electron chi connectivity index (χ0n) is 50.1. The van der Waals surface area contributed by atoms with Gasteiger partial charge in [0.15, 0.2) is 6.10 Å². The maximum absolute atomic E-state index is 12.9. The smallest absolute Gasteiger partial charge is 0.306 e. The maximum Gasteiger partial charge on any atom is 0.306 e. The molecule has 6 nitrogen and oxygen atoms in total. The Morgan fingerprint density at radius 1 is 0.274 bits per heavy atom. The lowest BCUT2D eigenvalue weighted by molar-refractivity contribution is -0.167. The van der Waals surface area contributed by atoms with Crippen LogP contribution in [0.2, 0.25) is 0 Å². The van der Waals surface area contributed by atoms with E-state index in [1.807, 2.05) is 0 Å². The summed E-state index contributed by atoms with van der Waals surface area (Å²) in [4.78, 5) is 38.3. The summed E-state index contributed by atoms with van der Waals surface area (Å²) in [6.07, 6.45) is 69.6. The molecular weight excluding hydrogens is 901 g/mol. The standard InChI is InChI=1S/C67H130O6/c1-5-8-10-12-14-16-18-20-22-23-24-28-31-35-38-42-46-50-54-58-65(68)71-61-64(73-67(70)60-56-52-48-44-40-34-21-19-17-15-13-11-9-6-2)62-72-66(69)59-55-51-47-43-39-36-32-29-26-25-27-30-33-37-41-45-49-53-57-63(4)7-3/h63-64H,5-62H2,1-4H3/t63?,64-/m1/s1. The fourth-order valence-electron chi connectivity index (χ4n) is 10.5. The van der Waals surface area contributed by atoms with Crippen molar-refractivity contribution in [1.82, 2.24) is 0 Å². The predicted molar refractivity (Wildman–Crippen MR) is 317 cm³/mol. The van der Waals surface area contributed by atoms with E-state index in [2.05, 4.69) is 27.7 Å². The number of esters is 3. The molecule has 0 amide bonds. The van der Waals surface area contributed by atoms with Crippen molar-refractivity contribution in [3.63, 3.8) is 0 Å². The summed E-state index contributed by atoms with van der Waals surface area (Å²) in [6.45, 7) is 9.14. The maximum atomic E-state index is 12.9. The highest BCUT2D eigenvalue weighted by molar-refractivity contribution is 5.71. The fraction of sp³-hybridized carbons (Fsp3) is 0.955. The Morgan fingerprint density at radius 3 is 0.712 bits per heavy atom. The molecule has 0 aromatic heterocycles. The first-order valence-electron chi connectivity index (χ1n) is 33.4. The molecule has 0 aliphatic heterocycles. The summed E-state index contributed by atoms with van der Waals surface area (Å²) < 4.78 is 17.0. The Bertz CT molecular complexity index is 1110. The van der Waals surface area contributed by atoms with Crippen molar-refractivity contribution in [3.8, 4) is 0 Å². The van der Waals surface area contributed by atoms with Gasteiger partial charge in [0.2, 0.25) is 0 Å². The molecule has 6 heteroatoms. The lowest BCUT2D eigenvalue weighted by Gasteiger charge is -2.18. The van der Waals surface area contributed by atoms with Crippen LogP contribution < -0.4 is 0 Å². The molecule has 0 aliphatic carbocycles. The van der Waals surface area contributed by atoms with Crippen LogP contribution in [0.5, 0.6) is 0 Å². The highest BCUT2D eigenvalue weighted by Gasteiger charge is 2.19. The molecule has 1 unspecified atom stereocenters. The van der Waals surface area contributed by atoms with Gasteiger partial charge in [-0.2, -0.15) is 0 Å². The van der Waals surface area contributed by atoms with Crippen molar-refractivity contribution in [2.75, 3.05) is 13.2 Å². The monoisotopic (exact) mass is 1030 g/mol. The molecule has 0 heterocycles. The topological polar surface area (TPSA) is 78.9 Å². The minimum atomic E-state index is -0.763. The van der Waals surface area contributed by atoms with Crippen LogP contribution in [-0.4, -0.2) is 37.2 Å². The summed E-state index contributed by atoms with van der Waals surface area (Å²) >= 11 is 0. The van der Waals surface area contributed by atoms with Gasteiger partial charge < -0.3 is 14.2 Å². The first kappa shape index (κ1) is 71.4. The van der Waals surface area contributed by atoms with Crippen molar-refractivity contribution in [2.45, 2.75) is 393 Å². The summed E-state index contributed by atoms with van der Waals surface area (Å²) in [6, 6.07) is 0. The second kappa shape index (κ2) is 61.3. The molecule has 0 rings (SSSR count). The van der Waals surface area contributed by atoms with Gasteiger partial charge in [-0.3, -0.25) is 14.4 Å². The van der Waals surface area contributed by atoms with Crippen molar-refractivity contribution < 1.29 is 28.6 Å². The van der Waals surface area contributed by atoms with Crippen LogP contribution in [0.15, 0.2) is 0 Å². The Hall–Kier alpha value is -1.59. The average Bonchev–Trinajstić information content (AvgIpc) is 3.39. The van der Waals surface area contributed by atoms with Gasteiger partial charge in [-0.05, 0) is 25.2 Å². The molecule has 2 atom stereocenters. The summed E-state index contributed by atoms with van der Waals surface area (Å²) in [5, 5.41) is 0. The Kier molecular flexibility index (Phi) is 59.9. The molecule has 0 radical (unpaired) electrons. The molecule has 434 valence electrons. The molecule has 0 bridgehead atoms. The number of carbonyl (C=O) groups excluding carboxylic acids is 3. The Balaban J connectivity index is 4.23. The summed E-state index contributed by atoms with van der Waals surface area (Å²) in [5.41, 5.74) is 0. The molecular formula is C67H130O6. The van der Waals surface area contributed by atoms with Crippen molar-refractivity contribution >= 4 is 17.9 Å². The zero-order valence-corrected chi connectivity index (χ0v) is 50.1. The average molecular weight is 1030 g/mol. The summed E-state index contributed by atoms with van der Waals surface area (Å²) in [7, 11) is 0. The van der Waals surface area contributed by atoms with Gasteiger partial charge in [0.1, 0.15) is 13.2 Å². The van der Waals surface area contributed by atoms with Crippen molar-refractivity contribution in [3.05, 3.63) is 0 Å². The summed E-state index contributed by atoms with van der Waals surface area (Å²) in [5.74, 6) is 0.0854. The second-order valence-corrected chi connectivity index (χ2v) is 23.4. The van der Waals surface area contributed by atoms with E-state index in [1.54, 1.807) is 0 Å². The van der Waals surface area contributed by atoms with E-state index >= 15 is 0 Å². The van der Waals surface area contributed by atoms with E-state index < -0.39 is 6.10 Å². The van der Waals surface area contributed by atoms with Gasteiger partial charge in [-0.15, -0.1) is 0 Å². The highest BCUT2D eigenvalue weighted by atomic mass is 16.6. The normalized spacial score (nSPS) is 12.3. The van der Waals surface area contributed by atoms with Crippen LogP contribution >= 0.6 is 0 Å². The number of ether oxygens (including phenoxy) is 3. The van der Waals surface area contributed by atoms with Crippen LogP contribution in [0.25, 0.3) is 0 Å². The third kappa shape index (κ3) is 59.5. The van der Waals surface area contributed by atoms with Crippen LogP contribution in [0.3, 0.4) is 0 Å². The largest absolute Gasteiger partial charge is 0.462 e. The molecule has 0 aliphatic rings. The van der Waals surface area contributed by atoms with E-state index in [0.717, 1.165) is 63.7 Å². The molecule has 0 saturated heterocycles. The predicted octanol–water partition coefficient (Wildman–Crippen LogP) is 22.5. The lowest BCUT2D eigenvalue weighted by Crippen LogP contribution is -2.30. The Morgan fingerprint density at radius 2 is 0.479 bits per heavy atom. The SMILES string of the molecule is CCCCCCCCCCCCCCCCCCCCCC(=O)OC[C@H](COC(=O)CCCCCCCCCCCCCCCCCCCCC(C)CC)OC(=O)CCCCCCCCCCCCCCCC. The number of carbonyl (C=O) groups is 3. The minimum absolute atomic E-state index is 0.0609. The van der Waals surface area contributed by atoms with Gasteiger partial charge in [-0.25, -0.2) is 0 Å². The van der Waals surface area contributed by atoms with E-state index in [-0.39, 0.29) is 31.1 Å². The van der Waals surface area contributed by atoms with Crippen LogP contribution in [-0.2, 0) is 28.6 Å². The number of unbranched alkanes of at least 4 members (excludes halogenated alkanes) is 48. The van der Waals surface area contributed by atoms with Gasteiger partial charge in [0.25, 0.3) is 0 Å². The molecule has 0 saturated carbocycles. The number of rotatable bonds is 62. The van der Waals surface area contributed by atoms with Gasteiger partial charge >= 0.3 is 17.9 Å². The Labute approximate surface area is 457 Å². The molecule has 0 aromatic carbocycles. The molecule has 0 spiro atoms. The second-order valence-electron chi connectivity index (χ2n) is 23.4. The first-order chi connectivity index (χ1) is 35.9. The molecule has 0 fully saturated rings. The van der Waals surface area contributed by atoms with Crippen molar-refractivity contribution in [2.24, 2.45) is 5.92 Å². The van der Waals surface area contributed by atoms with Crippen LogP contribution in [0.4, 0.5) is 0 Å². The minimum Gasteiger partial charge on any atom is -0.462 e. The third-order valence-electron chi connectivity index (χ3n) is 15.9. The van der Waals surface area contributed by atoms with Gasteiger partial charge in [-0.1, -0.05) is 349 Å². The quantitative estimate of drug-likeness (QED) is 0.0343. The van der Waals surface area contributed by atoms with Crippen LogP contribution in [0.1, 0.15) is 387 Å². The van der Waals surface area contributed by atoms with Gasteiger partial charge in [0, 0.05) is 19.3 Å². The van der Waals surface area contributed by atoms with E-state index in [9.17, 15) is 14.4 Å².